The van der Waals surface area contributed by atoms with E-state index in [0.717, 1.165) is 27.8 Å². The molecule has 0 fully saturated rings. The summed E-state index contributed by atoms with van der Waals surface area (Å²) in [5.74, 6) is 1.82. The Hall–Kier alpha value is -3.35. The summed E-state index contributed by atoms with van der Waals surface area (Å²) in [5, 5.41) is 5.11. The van der Waals surface area contributed by atoms with E-state index in [2.05, 4.69) is 20.3 Å². The van der Waals surface area contributed by atoms with E-state index in [1.807, 2.05) is 25.1 Å². The van der Waals surface area contributed by atoms with Crippen LogP contribution in [0.1, 0.15) is 18.5 Å². The molecule has 0 saturated heterocycles. The van der Waals surface area contributed by atoms with Gasteiger partial charge in [-0.15, -0.1) is 0 Å². The van der Waals surface area contributed by atoms with Crippen molar-refractivity contribution < 1.29 is 13.9 Å². The van der Waals surface area contributed by atoms with E-state index in [-0.39, 0.29) is 11.9 Å². The van der Waals surface area contributed by atoms with Crippen LogP contribution in [-0.2, 0) is 0 Å². The topological polar surface area (TPSA) is 72.1 Å². The summed E-state index contributed by atoms with van der Waals surface area (Å²) in [6.07, 6.45) is 1.48. The third-order valence-corrected chi connectivity index (χ3v) is 4.61. The second-order valence-corrected chi connectivity index (χ2v) is 6.23. The molecule has 2 heterocycles. The Kier molecular flexibility index (Phi) is 4.27. The SMILES string of the molecule is COc1ccc([C@H](C)Nc2ncnc3[nH]c4cc(F)ccc4c23)c(OC)c1. The van der Waals surface area contributed by atoms with Crippen molar-refractivity contribution in [1.82, 2.24) is 15.0 Å². The van der Waals surface area contributed by atoms with Crippen LogP contribution < -0.4 is 14.8 Å². The predicted octanol–water partition coefficient (Wildman–Crippen LogP) is 4.44. The number of fused-ring (bicyclic) bond motifs is 3. The number of hydrogen-bond donors (Lipinski definition) is 2. The smallest absolute Gasteiger partial charge is 0.143 e. The number of methoxy groups -OCH3 is 2. The number of halogens is 1. The Morgan fingerprint density at radius 1 is 1.07 bits per heavy atom. The summed E-state index contributed by atoms with van der Waals surface area (Å²) >= 11 is 0. The molecule has 0 radical (unpaired) electrons. The van der Waals surface area contributed by atoms with Gasteiger partial charge in [-0.2, -0.15) is 0 Å². The zero-order chi connectivity index (χ0) is 19.0. The van der Waals surface area contributed by atoms with Crippen LogP contribution in [0.15, 0.2) is 42.7 Å². The van der Waals surface area contributed by atoms with Crippen LogP contribution in [0, 0.1) is 5.82 Å². The lowest BCUT2D eigenvalue weighted by molar-refractivity contribution is 0.390. The number of H-pyrrole nitrogens is 1. The molecule has 0 aliphatic carbocycles. The molecule has 2 N–H and O–H groups in total. The molecule has 0 unspecified atom stereocenters. The second kappa shape index (κ2) is 6.75. The van der Waals surface area contributed by atoms with E-state index in [9.17, 15) is 4.39 Å². The highest BCUT2D eigenvalue weighted by Gasteiger charge is 2.17. The van der Waals surface area contributed by atoms with Gasteiger partial charge in [-0.25, -0.2) is 14.4 Å². The van der Waals surface area contributed by atoms with Crippen LogP contribution in [-0.4, -0.2) is 29.2 Å². The minimum Gasteiger partial charge on any atom is -0.497 e. The lowest BCUT2D eigenvalue weighted by Crippen LogP contribution is -2.10. The first-order valence-corrected chi connectivity index (χ1v) is 8.51. The molecule has 0 amide bonds. The lowest BCUT2D eigenvalue weighted by atomic mass is 10.1. The molecule has 0 aliphatic heterocycles. The van der Waals surface area contributed by atoms with E-state index in [1.54, 1.807) is 20.3 Å². The standard InChI is InChI=1S/C20H19FN4O2/c1-11(14-7-5-13(26-2)9-17(14)27-3)24-19-18-15-6-4-12(21)8-16(15)25-20(18)23-10-22-19/h4-11H,1-3H3,(H2,22,23,24,25)/t11-/m0/s1. The largest absolute Gasteiger partial charge is 0.497 e. The number of nitrogens with zero attached hydrogens (tertiary/aromatic N) is 2. The van der Waals surface area contributed by atoms with Crippen LogP contribution in [0.25, 0.3) is 21.9 Å². The predicted molar refractivity (Wildman–Crippen MR) is 103 cm³/mol. The van der Waals surface area contributed by atoms with Crippen molar-refractivity contribution in [2.24, 2.45) is 0 Å². The Bertz CT molecular complexity index is 1130. The van der Waals surface area contributed by atoms with E-state index in [1.165, 1.54) is 18.5 Å². The molecule has 4 rings (SSSR count). The van der Waals surface area contributed by atoms with Gasteiger partial charge in [0.1, 0.15) is 35.1 Å². The summed E-state index contributed by atoms with van der Waals surface area (Å²) in [6, 6.07) is 10.2. The van der Waals surface area contributed by atoms with Crippen molar-refractivity contribution >= 4 is 27.8 Å². The van der Waals surface area contributed by atoms with E-state index < -0.39 is 0 Å². The molecule has 2 aromatic carbocycles. The van der Waals surface area contributed by atoms with Crippen molar-refractivity contribution in [3.8, 4) is 11.5 Å². The van der Waals surface area contributed by atoms with Crippen molar-refractivity contribution in [2.45, 2.75) is 13.0 Å². The first kappa shape index (κ1) is 17.1. The van der Waals surface area contributed by atoms with Gasteiger partial charge in [-0.3, -0.25) is 0 Å². The summed E-state index contributed by atoms with van der Waals surface area (Å²) in [5.41, 5.74) is 2.31. The molecule has 6 nitrogen and oxygen atoms in total. The molecule has 0 aliphatic rings. The van der Waals surface area contributed by atoms with E-state index >= 15 is 0 Å². The third kappa shape index (κ3) is 3.01. The van der Waals surface area contributed by atoms with Gasteiger partial charge in [-0.1, -0.05) is 0 Å². The number of rotatable bonds is 5. The number of anilines is 1. The number of benzene rings is 2. The van der Waals surface area contributed by atoms with Gasteiger partial charge in [0.05, 0.1) is 31.2 Å². The minimum absolute atomic E-state index is 0.0886. The Labute approximate surface area is 155 Å². The maximum atomic E-state index is 13.5. The fourth-order valence-electron chi connectivity index (χ4n) is 3.27. The van der Waals surface area contributed by atoms with Gasteiger partial charge in [0.2, 0.25) is 0 Å². The second-order valence-electron chi connectivity index (χ2n) is 6.23. The molecule has 2 aromatic heterocycles. The molecule has 7 heteroatoms. The molecule has 0 saturated carbocycles. The Morgan fingerprint density at radius 2 is 1.93 bits per heavy atom. The number of aromatic amines is 1. The highest BCUT2D eigenvalue weighted by atomic mass is 19.1. The minimum atomic E-state index is -0.298. The van der Waals surface area contributed by atoms with Gasteiger partial charge >= 0.3 is 0 Å². The summed E-state index contributed by atoms with van der Waals surface area (Å²) in [6.45, 7) is 2.02. The lowest BCUT2D eigenvalue weighted by Gasteiger charge is -2.19. The fraction of sp³-hybridized carbons (Fsp3) is 0.200. The van der Waals surface area contributed by atoms with Crippen molar-refractivity contribution in [2.75, 3.05) is 19.5 Å². The van der Waals surface area contributed by atoms with E-state index in [0.29, 0.717) is 17.0 Å². The number of nitrogens with one attached hydrogen (secondary N) is 2. The van der Waals surface area contributed by atoms with Gasteiger partial charge in [0, 0.05) is 17.0 Å². The average Bonchev–Trinajstić information content (AvgIpc) is 3.05. The van der Waals surface area contributed by atoms with Crippen LogP contribution >= 0.6 is 0 Å². The number of ether oxygens (including phenoxy) is 2. The van der Waals surface area contributed by atoms with Gasteiger partial charge in [0.15, 0.2) is 0 Å². The first-order valence-electron chi connectivity index (χ1n) is 8.51. The quantitative estimate of drug-likeness (QED) is 0.546. The maximum Gasteiger partial charge on any atom is 0.143 e. The monoisotopic (exact) mass is 366 g/mol. The third-order valence-electron chi connectivity index (χ3n) is 4.61. The van der Waals surface area contributed by atoms with Crippen molar-refractivity contribution in [3.63, 3.8) is 0 Å². The average molecular weight is 366 g/mol. The zero-order valence-electron chi connectivity index (χ0n) is 15.2. The molecule has 1 atom stereocenters. The van der Waals surface area contributed by atoms with Crippen molar-refractivity contribution in [3.05, 3.63) is 54.1 Å². The highest BCUT2D eigenvalue weighted by Crippen LogP contribution is 2.34. The highest BCUT2D eigenvalue weighted by molar-refractivity contribution is 6.11. The van der Waals surface area contributed by atoms with Crippen LogP contribution in [0.2, 0.25) is 0 Å². The van der Waals surface area contributed by atoms with Crippen LogP contribution in [0.4, 0.5) is 10.2 Å². The van der Waals surface area contributed by atoms with Crippen LogP contribution in [0.3, 0.4) is 0 Å². The summed E-state index contributed by atoms with van der Waals surface area (Å²) < 4.78 is 24.3. The molecular formula is C20H19FN4O2. The summed E-state index contributed by atoms with van der Waals surface area (Å²) in [4.78, 5) is 11.8. The molecule has 27 heavy (non-hydrogen) atoms. The zero-order valence-corrected chi connectivity index (χ0v) is 15.2. The Morgan fingerprint density at radius 3 is 2.70 bits per heavy atom. The van der Waals surface area contributed by atoms with E-state index in [4.69, 9.17) is 9.47 Å². The van der Waals surface area contributed by atoms with Gasteiger partial charge in [0.25, 0.3) is 0 Å². The number of hydrogen-bond acceptors (Lipinski definition) is 5. The first-order chi connectivity index (χ1) is 13.1. The normalized spacial score (nSPS) is 12.3. The Balaban J connectivity index is 1.76. The maximum absolute atomic E-state index is 13.5. The van der Waals surface area contributed by atoms with Gasteiger partial charge in [-0.05, 0) is 37.3 Å². The molecule has 4 aromatic rings. The summed E-state index contributed by atoms with van der Waals surface area (Å²) in [7, 11) is 3.25. The van der Waals surface area contributed by atoms with Crippen molar-refractivity contribution in [1.29, 1.82) is 0 Å². The molecule has 0 bridgehead atoms. The molecular weight excluding hydrogens is 347 g/mol. The van der Waals surface area contributed by atoms with Crippen LogP contribution in [0.5, 0.6) is 11.5 Å². The molecule has 138 valence electrons. The van der Waals surface area contributed by atoms with Gasteiger partial charge < -0.3 is 19.8 Å². The molecule has 0 spiro atoms. The fourth-order valence-corrected chi connectivity index (χ4v) is 3.27. The number of aromatic nitrogens is 3.